The molecule has 1 aromatic heterocycles. The van der Waals surface area contributed by atoms with E-state index in [2.05, 4.69) is 9.97 Å². The minimum atomic E-state index is -0.700. The van der Waals surface area contributed by atoms with Gasteiger partial charge in [0.2, 0.25) is 0 Å². The molecular formula is C12H11F2N3. The molecular weight excluding hydrogens is 224 g/mol. The van der Waals surface area contributed by atoms with Crippen LogP contribution in [0, 0.1) is 25.5 Å². The lowest BCUT2D eigenvalue weighted by Crippen LogP contribution is -2.03. The smallest absolute Gasteiger partial charge is 0.150 e. The van der Waals surface area contributed by atoms with Gasteiger partial charge in [-0.05, 0) is 26.0 Å². The number of aryl methyl sites for hydroxylation is 2. The Hall–Kier alpha value is -2.04. The Morgan fingerprint density at radius 1 is 1.06 bits per heavy atom. The van der Waals surface area contributed by atoms with Crippen LogP contribution in [0.15, 0.2) is 18.2 Å². The van der Waals surface area contributed by atoms with Crippen LogP contribution in [0.5, 0.6) is 0 Å². The zero-order valence-electron chi connectivity index (χ0n) is 9.46. The van der Waals surface area contributed by atoms with Gasteiger partial charge in [-0.1, -0.05) is 0 Å². The van der Waals surface area contributed by atoms with Crippen molar-refractivity contribution in [3.05, 3.63) is 41.2 Å². The van der Waals surface area contributed by atoms with E-state index in [0.717, 1.165) is 12.1 Å². The summed E-state index contributed by atoms with van der Waals surface area (Å²) in [5, 5.41) is 0. The Labute approximate surface area is 97.3 Å². The van der Waals surface area contributed by atoms with Gasteiger partial charge in [-0.15, -0.1) is 0 Å². The summed E-state index contributed by atoms with van der Waals surface area (Å²) in [4.78, 5) is 8.25. The van der Waals surface area contributed by atoms with Crippen LogP contribution in [0.4, 0.5) is 14.6 Å². The molecule has 0 unspecified atom stereocenters. The summed E-state index contributed by atoms with van der Waals surface area (Å²) in [6, 6.07) is 3.26. The zero-order chi connectivity index (χ0) is 12.6. The van der Waals surface area contributed by atoms with Crippen LogP contribution in [0.1, 0.15) is 11.4 Å². The number of nitrogen functional groups attached to an aromatic ring is 1. The molecule has 0 bridgehead atoms. The van der Waals surface area contributed by atoms with Crippen LogP contribution in [0.3, 0.4) is 0 Å². The summed E-state index contributed by atoms with van der Waals surface area (Å²) in [7, 11) is 0. The maximum Gasteiger partial charge on any atom is 0.150 e. The van der Waals surface area contributed by atoms with Gasteiger partial charge in [0.15, 0.2) is 0 Å². The largest absolute Gasteiger partial charge is 0.382 e. The lowest BCUT2D eigenvalue weighted by molar-refractivity contribution is 0.585. The molecule has 2 aromatic rings. The van der Waals surface area contributed by atoms with Crippen molar-refractivity contribution < 1.29 is 8.78 Å². The van der Waals surface area contributed by atoms with E-state index in [-0.39, 0.29) is 17.1 Å². The molecule has 1 heterocycles. The molecule has 2 rings (SSSR count). The molecule has 88 valence electrons. The van der Waals surface area contributed by atoms with Gasteiger partial charge < -0.3 is 5.73 Å². The monoisotopic (exact) mass is 235 g/mol. The van der Waals surface area contributed by atoms with Crippen LogP contribution < -0.4 is 5.73 Å². The van der Waals surface area contributed by atoms with E-state index in [0.29, 0.717) is 11.4 Å². The number of nitrogens with zero attached hydrogens (tertiary/aromatic N) is 2. The van der Waals surface area contributed by atoms with Gasteiger partial charge in [-0.2, -0.15) is 0 Å². The number of anilines is 1. The normalized spacial score (nSPS) is 10.6. The lowest BCUT2D eigenvalue weighted by Gasteiger charge is -2.08. The summed E-state index contributed by atoms with van der Waals surface area (Å²) in [5.74, 6) is -1.20. The Morgan fingerprint density at radius 2 is 1.71 bits per heavy atom. The first-order valence-electron chi connectivity index (χ1n) is 5.05. The number of hydrogen-bond donors (Lipinski definition) is 1. The minimum Gasteiger partial charge on any atom is -0.382 e. The van der Waals surface area contributed by atoms with Gasteiger partial charge >= 0.3 is 0 Å². The van der Waals surface area contributed by atoms with Gasteiger partial charge in [-0.25, -0.2) is 18.7 Å². The molecule has 0 radical (unpaired) electrons. The second-order valence-corrected chi connectivity index (χ2v) is 3.75. The van der Waals surface area contributed by atoms with E-state index < -0.39 is 11.6 Å². The van der Waals surface area contributed by atoms with Crippen molar-refractivity contribution >= 4 is 5.82 Å². The molecule has 0 aliphatic rings. The molecule has 5 heteroatoms. The van der Waals surface area contributed by atoms with Gasteiger partial charge in [0.05, 0.1) is 11.4 Å². The second kappa shape index (κ2) is 4.08. The number of aromatic nitrogens is 2. The average molecular weight is 235 g/mol. The Morgan fingerprint density at radius 3 is 2.35 bits per heavy atom. The standard InChI is InChI=1S/C12H11F2N3/c1-6-7(2)17-12(15)11(16-6)9-4-3-8(13)5-10(9)14/h3-5H,1-2H3,(H2,15,17). The van der Waals surface area contributed by atoms with Crippen LogP contribution >= 0.6 is 0 Å². The highest BCUT2D eigenvalue weighted by Crippen LogP contribution is 2.26. The number of nitrogens with two attached hydrogens (primary N) is 1. The summed E-state index contributed by atoms with van der Waals surface area (Å²) >= 11 is 0. The third-order valence-corrected chi connectivity index (χ3v) is 2.52. The summed E-state index contributed by atoms with van der Waals surface area (Å²) in [5.41, 5.74) is 7.44. The molecule has 17 heavy (non-hydrogen) atoms. The maximum absolute atomic E-state index is 13.6. The van der Waals surface area contributed by atoms with E-state index >= 15 is 0 Å². The maximum atomic E-state index is 13.6. The van der Waals surface area contributed by atoms with Crippen molar-refractivity contribution in [2.24, 2.45) is 0 Å². The fourth-order valence-electron chi connectivity index (χ4n) is 1.50. The summed E-state index contributed by atoms with van der Waals surface area (Å²) in [6.45, 7) is 3.52. The zero-order valence-corrected chi connectivity index (χ0v) is 9.46. The van der Waals surface area contributed by atoms with Crippen molar-refractivity contribution in [2.75, 3.05) is 5.73 Å². The minimum absolute atomic E-state index is 0.138. The highest BCUT2D eigenvalue weighted by Gasteiger charge is 2.13. The molecule has 2 N–H and O–H groups in total. The molecule has 3 nitrogen and oxygen atoms in total. The Balaban J connectivity index is 2.64. The van der Waals surface area contributed by atoms with Crippen LogP contribution in [0.2, 0.25) is 0 Å². The Bertz CT molecular complexity index is 582. The molecule has 0 spiro atoms. The van der Waals surface area contributed by atoms with Crippen LogP contribution in [-0.2, 0) is 0 Å². The first-order valence-corrected chi connectivity index (χ1v) is 5.05. The molecule has 0 fully saturated rings. The molecule has 0 aliphatic carbocycles. The highest BCUT2D eigenvalue weighted by molar-refractivity contribution is 5.70. The van der Waals surface area contributed by atoms with Crippen molar-refractivity contribution in [3.8, 4) is 11.3 Å². The fourth-order valence-corrected chi connectivity index (χ4v) is 1.50. The molecule has 1 aromatic carbocycles. The van der Waals surface area contributed by atoms with E-state index in [1.807, 2.05) is 0 Å². The van der Waals surface area contributed by atoms with Crippen LogP contribution in [0.25, 0.3) is 11.3 Å². The number of hydrogen-bond acceptors (Lipinski definition) is 3. The predicted octanol–water partition coefficient (Wildman–Crippen LogP) is 2.62. The molecule has 0 amide bonds. The fraction of sp³-hybridized carbons (Fsp3) is 0.167. The van der Waals surface area contributed by atoms with Crippen LogP contribution in [-0.4, -0.2) is 9.97 Å². The van der Waals surface area contributed by atoms with E-state index in [9.17, 15) is 8.78 Å². The first kappa shape index (κ1) is 11.4. The molecule has 0 saturated heterocycles. The van der Waals surface area contributed by atoms with Gasteiger partial charge in [-0.3, -0.25) is 0 Å². The van der Waals surface area contributed by atoms with Crippen molar-refractivity contribution in [1.82, 2.24) is 9.97 Å². The van der Waals surface area contributed by atoms with E-state index in [1.54, 1.807) is 13.8 Å². The number of benzene rings is 1. The summed E-state index contributed by atoms with van der Waals surface area (Å²) in [6.07, 6.45) is 0. The van der Waals surface area contributed by atoms with Gasteiger partial charge in [0.1, 0.15) is 23.1 Å². The summed E-state index contributed by atoms with van der Waals surface area (Å²) < 4.78 is 26.4. The van der Waals surface area contributed by atoms with Crippen molar-refractivity contribution in [3.63, 3.8) is 0 Å². The van der Waals surface area contributed by atoms with Gasteiger partial charge in [0.25, 0.3) is 0 Å². The molecule has 0 atom stereocenters. The predicted molar refractivity (Wildman–Crippen MR) is 61.3 cm³/mol. The number of rotatable bonds is 1. The lowest BCUT2D eigenvalue weighted by atomic mass is 10.1. The molecule has 0 aliphatic heterocycles. The highest BCUT2D eigenvalue weighted by atomic mass is 19.1. The van der Waals surface area contributed by atoms with E-state index in [4.69, 9.17) is 5.73 Å². The SMILES string of the molecule is Cc1nc(N)c(-c2ccc(F)cc2F)nc1C. The number of halogens is 2. The first-order chi connectivity index (χ1) is 7.99. The third-order valence-electron chi connectivity index (χ3n) is 2.52. The quantitative estimate of drug-likeness (QED) is 0.826. The third kappa shape index (κ3) is 2.08. The topological polar surface area (TPSA) is 51.8 Å². The molecule has 0 saturated carbocycles. The second-order valence-electron chi connectivity index (χ2n) is 3.75. The van der Waals surface area contributed by atoms with E-state index in [1.165, 1.54) is 6.07 Å². The van der Waals surface area contributed by atoms with Crippen molar-refractivity contribution in [2.45, 2.75) is 13.8 Å². The Kier molecular flexibility index (Phi) is 2.75. The van der Waals surface area contributed by atoms with Crippen molar-refractivity contribution in [1.29, 1.82) is 0 Å². The average Bonchev–Trinajstić information content (AvgIpc) is 2.24. The van der Waals surface area contributed by atoms with Gasteiger partial charge in [0, 0.05) is 11.6 Å².